The van der Waals surface area contributed by atoms with Crippen molar-refractivity contribution in [2.45, 2.75) is 51.4 Å². The average molecular weight is 664 g/mol. The third-order valence-electron chi connectivity index (χ3n) is 7.71. The number of alkyl halides is 5. The zero-order chi connectivity index (χ0) is 33.9. The maximum absolute atomic E-state index is 13.8. The number of nitrogens with one attached hydrogen (secondary N) is 2. The van der Waals surface area contributed by atoms with Gasteiger partial charge in [-0.05, 0) is 31.4 Å². The summed E-state index contributed by atoms with van der Waals surface area (Å²) in [5.41, 5.74) is 4.51. The largest absolute Gasteiger partial charge is 0.435 e. The Bertz CT molecular complexity index is 1790. The maximum atomic E-state index is 13.8. The lowest BCUT2D eigenvalue weighted by molar-refractivity contribution is -0.141. The predicted octanol–water partition coefficient (Wildman–Crippen LogP) is 3.40. The smallest absolute Gasteiger partial charge is 0.426 e. The lowest BCUT2D eigenvalue weighted by Gasteiger charge is -2.23. The molecule has 0 spiro atoms. The average Bonchev–Trinajstić information content (AvgIpc) is 3.78. The summed E-state index contributed by atoms with van der Waals surface area (Å²) in [6, 6.07) is 2.81. The first-order valence-corrected chi connectivity index (χ1v) is 14.5. The molecule has 0 bridgehead atoms. The number of hydrogen-bond acceptors (Lipinski definition) is 9. The van der Waals surface area contributed by atoms with Crippen LogP contribution in [-0.2, 0) is 28.7 Å². The number of benzene rings is 1. The van der Waals surface area contributed by atoms with Crippen LogP contribution in [0.2, 0.25) is 0 Å². The minimum atomic E-state index is -4.94. The van der Waals surface area contributed by atoms with Crippen LogP contribution in [0.3, 0.4) is 0 Å². The van der Waals surface area contributed by atoms with Gasteiger partial charge in [-0.2, -0.15) is 18.3 Å². The van der Waals surface area contributed by atoms with Gasteiger partial charge < -0.3 is 26.0 Å². The molecule has 1 fully saturated rings. The quantitative estimate of drug-likeness (QED) is 0.152. The van der Waals surface area contributed by atoms with Crippen molar-refractivity contribution < 1.29 is 41.1 Å². The predicted molar refractivity (Wildman–Crippen MR) is 157 cm³/mol. The van der Waals surface area contributed by atoms with Crippen LogP contribution in [0.25, 0.3) is 16.9 Å². The number of anilines is 2. The molecule has 1 aromatic carbocycles. The first-order valence-electron chi connectivity index (χ1n) is 14.5. The van der Waals surface area contributed by atoms with Gasteiger partial charge in [-0.3, -0.25) is 23.5 Å². The number of fused-ring (bicyclic) bond motifs is 1. The van der Waals surface area contributed by atoms with Gasteiger partial charge >= 0.3 is 6.18 Å². The molecule has 13 nitrogen and oxygen atoms in total. The number of halogens is 5. The minimum Gasteiger partial charge on any atom is -0.426 e. The van der Waals surface area contributed by atoms with Crippen molar-refractivity contribution in [3.8, 4) is 17.0 Å². The summed E-state index contributed by atoms with van der Waals surface area (Å²) in [5.74, 6) is -0.832. The van der Waals surface area contributed by atoms with E-state index in [0.29, 0.717) is 23.3 Å². The van der Waals surface area contributed by atoms with Crippen molar-refractivity contribution in [3.05, 3.63) is 53.7 Å². The molecule has 3 aromatic heterocycles. The molecule has 1 atom stereocenters. The SMILES string of the molecule is CCc1c(C(=O)NCC(=O)N2CCCC2CN)ccc(Nc2nccn3c(-c4cn(CC(F)F)nc4C(F)(F)F)cnc23)c1OC=O. The third-order valence-corrected chi connectivity index (χ3v) is 7.71. The van der Waals surface area contributed by atoms with Gasteiger partial charge in [0.15, 0.2) is 22.9 Å². The van der Waals surface area contributed by atoms with Crippen molar-refractivity contribution in [1.29, 1.82) is 0 Å². The summed E-state index contributed by atoms with van der Waals surface area (Å²) in [5, 5.41) is 8.90. The van der Waals surface area contributed by atoms with E-state index in [0.717, 1.165) is 25.2 Å². The van der Waals surface area contributed by atoms with E-state index >= 15 is 0 Å². The normalized spacial score (nSPS) is 15.0. The van der Waals surface area contributed by atoms with E-state index in [-0.39, 0.29) is 65.5 Å². The number of rotatable bonds is 12. The summed E-state index contributed by atoms with van der Waals surface area (Å²) >= 11 is 0. The van der Waals surface area contributed by atoms with Crippen LogP contribution in [0.4, 0.5) is 33.5 Å². The van der Waals surface area contributed by atoms with Crippen LogP contribution in [0.15, 0.2) is 36.9 Å². The molecule has 4 N–H and O–H groups in total. The van der Waals surface area contributed by atoms with Gasteiger partial charge in [-0.25, -0.2) is 18.7 Å². The first-order chi connectivity index (χ1) is 22.5. The number of amides is 2. The molecule has 2 amide bonds. The van der Waals surface area contributed by atoms with Crippen LogP contribution < -0.4 is 21.1 Å². The highest BCUT2D eigenvalue weighted by Crippen LogP contribution is 2.38. The molecule has 1 aliphatic heterocycles. The molecule has 1 saturated heterocycles. The summed E-state index contributed by atoms with van der Waals surface area (Å²) < 4.78 is 74.4. The fraction of sp³-hybridized carbons (Fsp3) is 0.379. The Morgan fingerprint density at radius 2 is 2.02 bits per heavy atom. The van der Waals surface area contributed by atoms with Crippen LogP contribution in [0.5, 0.6) is 5.75 Å². The first kappa shape index (κ1) is 33.2. The Labute approximate surface area is 263 Å². The van der Waals surface area contributed by atoms with Gasteiger partial charge in [0, 0.05) is 48.8 Å². The molecule has 1 unspecified atom stereocenters. The van der Waals surface area contributed by atoms with Gasteiger partial charge in [0.05, 0.1) is 29.7 Å². The molecular weight excluding hydrogens is 633 g/mol. The highest BCUT2D eigenvalue weighted by Gasteiger charge is 2.38. The Balaban J connectivity index is 1.45. The van der Waals surface area contributed by atoms with Gasteiger partial charge in [0.25, 0.3) is 18.8 Å². The van der Waals surface area contributed by atoms with E-state index < -0.39 is 36.3 Å². The Morgan fingerprint density at radius 3 is 2.70 bits per heavy atom. The fourth-order valence-corrected chi connectivity index (χ4v) is 5.62. The van der Waals surface area contributed by atoms with Crippen molar-refractivity contribution in [1.82, 2.24) is 34.4 Å². The van der Waals surface area contributed by atoms with Crippen molar-refractivity contribution in [3.63, 3.8) is 0 Å². The topological polar surface area (TPSA) is 162 Å². The highest BCUT2D eigenvalue weighted by molar-refractivity contribution is 5.99. The molecule has 250 valence electrons. The van der Waals surface area contributed by atoms with E-state index in [2.05, 4.69) is 25.7 Å². The van der Waals surface area contributed by atoms with Crippen molar-refractivity contribution in [2.75, 3.05) is 25.0 Å². The number of carbonyl (C=O) groups excluding carboxylic acids is 3. The number of likely N-dealkylation sites (tertiary alicyclic amines) is 1. The van der Waals surface area contributed by atoms with E-state index in [1.54, 1.807) is 11.8 Å². The number of imidazole rings is 1. The highest BCUT2D eigenvalue weighted by atomic mass is 19.4. The molecular formula is C29H30F5N9O4. The van der Waals surface area contributed by atoms with Gasteiger partial charge in [0.2, 0.25) is 5.91 Å². The number of nitrogens with two attached hydrogens (primary N) is 1. The zero-order valence-electron chi connectivity index (χ0n) is 24.9. The molecule has 47 heavy (non-hydrogen) atoms. The molecule has 18 heteroatoms. The van der Waals surface area contributed by atoms with E-state index in [9.17, 15) is 36.3 Å². The summed E-state index contributed by atoms with van der Waals surface area (Å²) in [7, 11) is 0. The number of carbonyl (C=O) groups is 3. The summed E-state index contributed by atoms with van der Waals surface area (Å²) in [4.78, 5) is 47.5. The second-order valence-electron chi connectivity index (χ2n) is 10.6. The second-order valence-corrected chi connectivity index (χ2v) is 10.6. The fourth-order valence-electron chi connectivity index (χ4n) is 5.62. The molecule has 0 aliphatic carbocycles. The summed E-state index contributed by atoms with van der Waals surface area (Å²) in [6.45, 7) is 1.48. The molecule has 4 heterocycles. The van der Waals surface area contributed by atoms with Crippen LogP contribution >= 0.6 is 0 Å². The maximum Gasteiger partial charge on any atom is 0.435 e. The Morgan fingerprint density at radius 1 is 1.23 bits per heavy atom. The van der Waals surface area contributed by atoms with E-state index in [1.807, 2.05) is 0 Å². The molecule has 5 rings (SSSR count). The lowest BCUT2D eigenvalue weighted by Crippen LogP contribution is -2.45. The Hall–Kier alpha value is -5.13. The van der Waals surface area contributed by atoms with Crippen molar-refractivity contribution in [2.24, 2.45) is 5.73 Å². The number of ether oxygens (including phenoxy) is 1. The van der Waals surface area contributed by atoms with E-state index in [4.69, 9.17) is 10.5 Å². The number of aromatic nitrogens is 5. The molecule has 4 aromatic rings. The molecule has 1 aliphatic rings. The summed E-state index contributed by atoms with van der Waals surface area (Å²) in [6.07, 6.45) is -1.44. The van der Waals surface area contributed by atoms with Gasteiger partial charge in [0.1, 0.15) is 6.54 Å². The lowest BCUT2D eigenvalue weighted by atomic mass is 10.0. The Kier molecular flexibility index (Phi) is 9.69. The van der Waals surface area contributed by atoms with E-state index in [1.165, 1.54) is 28.9 Å². The minimum absolute atomic E-state index is 0.0209. The van der Waals surface area contributed by atoms with Crippen LogP contribution in [-0.4, -0.2) is 79.4 Å². The monoisotopic (exact) mass is 663 g/mol. The number of hydrogen-bond donors (Lipinski definition) is 3. The third kappa shape index (κ3) is 6.86. The van der Waals surface area contributed by atoms with Gasteiger partial charge in [-0.1, -0.05) is 6.92 Å². The second kappa shape index (κ2) is 13.7. The van der Waals surface area contributed by atoms with Crippen LogP contribution in [0.1, 0.15) is 41.4 Å². The molecule has 0 radical (unpaired) electrons. The van der Waals surface area contributed by atoms with Crippen LogP contribution in [0, 0.1) is 0 Å². The zero-order valence-corrected chi connectivity index (χ0v) is 24.9. The number of nitrogens with zero attached hydrogens (tertiary/aromatic N) is 6. The van der Waals surface area contributed by atoms with Gasteiger partial charge in [-0.15, -0.1) is 0 Å². The molecule has 0 saturated carbocycles. The standard InChI is InChI=1S/C29H30F5N9O4/c1-2-17-18(28(46)38-12-23(45)42-8-3-4-16(42)10-35)5-6-20(24(17)47-15-44)39-26-27-37-11-21(43(27)9-7-36-26)19-13-41(14-22(30)31)40-25(19)29(32,33)34/h5-7,9,11,13,15-16,22H,2-4,8,10,12,14,35H2,1H3,(H,36,39)(H,38,46). The van der Waals surface area contributed by atoms with Crippen molar-refractivity contribution >= 4 is 35.4 Å².